The van der Waals surface area contributed by atoms with Crippen molar-refractivity contribution in [2.24, 2.45) is 28.9 Å². The molecule has 0 bridgehead atoms. The van der Waals surface area contributed by atoms with Crippen LogP contribution in [0.15, 0.2) is 60.9 Å². The zero-order valence-electron chi connectivity index (χ0n) is 47.9. The summed E-state index contributed by atoms with van der Waals surface area (Å²) in [5.41, 5.74) is 25.3. The number of aromatic amines is 2. The maximum atomic E-state index is 14.8. The maximum Gasteiger partial charge on any atom is 0.326 e. The normalized spacial score (nSPS) is 14.4. The minimum Gasteiger partial charge on any atom is -0.481 e. The molecule has 9 amide bonds. The van der Waals surface area contributed by atoms with Crippen LogP contribution in [-0.4, -0.2) is 170 Å². The van der Waals surface area contributed by atoms with Crippen LogP contribution in [0.5, 0.6) is 0 Å². The lowest BCUT2D eigenvalue weighted by Crippen LogP contribution is -2.61. The Morgan fingerprint density at radius 3 is 1.27 bits per heavy atom. The van der Waals surface area contributed by atoms with E-state index in [-0.39, 0.29) is 69.7 Å². The number of primary amides is 1. The number of carbonyl (C=O) groups excluding carboxylic acids is 9. The molecule has 21 N–H and O–H groups in total. The van der Waals surface area contributed by atoms with Gasteiger partial charge in [0.1, 0.15) is 48.3 Å². The second kappa shape index (κ2) is 35.0. The van der Waals surface area contributed by atoms with Crippen LogP contribution >= 0.6 is 12.6 Å². The second-order valence-corrected chi connectivity index (χ2v) is 21.5. The quantitative estimate of drug-likeness (QED) is 0.0173. The molecule has 4 rings (SSSR count). The lowest BCUT2D eigenvalue weighted by atomic mass is 9.99. The van der Waals surface area contributed by atoms with Crippen LogP contribution in [0.3, 0.4) is 0 Å². The van der Waals surface area contributed by atoms with Crippen molar-refractivity contribution in [1.82, 2.24) is 52.5 Å². The van der Waals surface area contributed by atoms with Crippen LogP contribution in [0, 0.1) is 5.92 Å². The van der Waals surface area contributed by atoms with Crippen molar-refractivity contribution in [3.8, 4) is 0 Å². The Hall–Kier alpha value is -8.61. The molecular formula is C56H80N14O15S. The van der Waals surface area contributed by atoms with Crippen LogP contribution in [0.25, 0.3) is 21.8 Å². The fourth-order valence-electron chi connectivity index (χ4n) is 9.27. The van der Waals surface area contributed by atoms with E-state index >= 15 is 0 Å². The van der Waals surface area contributed by atoms with Gasteiger partial charge in [-0.25, -0.2) is 4.79 Å². The summed E-state index contributed by atoms with van der Waals surface area (Å²) < 4.78 is 0. The van der Waals surface area contributed by atoms with E-state index < -0.39 is 151 Å². The third kappa shape index (κ3) is 22.4. The molecule has 0 radical (unpaired) electrons. The summed E-state index contributed by atoms with van der Waals surface area (Å²) >= 11 is 4.14. The lowest BCUT2D eigenvalue weighted by molar-refractivity contribution is -0.144. The molecule has 30 heteroatoms. The van der Waals surface area contributed by atoms with Crippen LogP contribution in [0.2, 0.25) is 0 Å². The van der Waals surface area contributed by atoms with Crippen molar-refractivity contribution >= 4 is 106 Å². The zero-order valence-corrected chi connectivity index (χ0v) is 48.8. The van der Waals surface area contributed by atoms with Crippen LogP contribution in [0.4, 0.5) is 0 Å². The van der Waals surface area contributed by atoms with Gasteiger partial charge in [0.15, 0.2) is 0 Å². The number of H-pyrrole nitrogens is 2. The number of nitrogens with two attached hydrogens (primary N) is 4. The third-order valence-electron chi connectivity index (χ3n) is 13.8. The number of thiol groups is 1. The summed E-state index contributed by atoms with van der Waals surface area (Å²) in [5, 5.41) is 50.4. The highest BCUT2D eigenvalue weighted by Crippen LogP contribution is 2.22. The Balaban J connectivity index is 1.66. The molecule has 0 spiro atoms. The van der Waals surface area contributed by atoms with Crippen molar-refractivity contribution in [2.75, 3.05) is 18.8 Å². The SMILES string of the molecule is CC(C)C[C@H](NC(=O)[C@H](Cc1c[nH]c2ccccc12)NC(=O)[C@@H](N)CS)C(=O)N[C@@H](Cc1c[nH]c2ccccc12)C(=O)N[C@@H](CCCCN)C(=O)N[C@@H](CC(=O)O)C(=O)N[C@@H](CCC(N)=O)C(=O)N[C@@H](CC(=O)O)C(=O)N[C@@H](CCCCN)C(=O)O. The molecule has 0 saturated heterocycles. The molecule has 4 aromatic rings. The minimum absolute atomic E-state index is 0.0277. The van der Waals surface area contributed by atoms with Crippen LogP contribution in [0.1, 0.15) is 95.6 Å². The number of hydrogen-bond acceptors (Lipinski definition) is 16. The summed E-state index contributed by atoms with van der Waals surface area (Å²) in [4.78, 5) is 167. The smallest absolute Gasteiger partial charge is 0.326 e. The number of hydrogen-bond donors (Lipinski definition) is 18. The first-order chi connectivity index (χ1) is 40.8. The van der Waals surface area contributed by atoms with Gasteiger partial charge in [-0.15, -0.1) is 0 Å². The van der Waals surface area contributed by atoms with Gasteiger partial charge in [0.2, 0.25) is 53.2 Å². The predicted octanol–water partition coefficient (Wildman–Crippen LogP) is -1.83. The Kier molecular flexibility index (Phi) is 28.4. The highest BCUT2D eigenvalue weighted by atomic mass is 32.1. The summed E-state index contributed by atoms with van der Waals surface area (Å²) in [6.07, 6.45) is 0.597. The molecule has 0 aliphatic rings. The van der Waals surface area contributed by atoms with Gasteiger partial charge in [-0.2, -0.15) is 12.6 Å². The number of aromatic nitrogens is 2. The predicted molar refractivity (Wildman–Crippen MR) is 317 cm³/mol. The van der Waals surface area contributed by atoms with Crippen LogP contribution in [-0.2, 0) is 70.4 Å². The van der Waals surface area contributed by atoms with E-state index in [0.717, 1.165) is 10.9 Å². The first-order valence-electron chi connectivity index (χ1n) is 28.1. The van der Waals surface area contributed by atoms with E-state index in [4.69, 9.17) is 22.9 Å². The van der Waals surface area contributed by atoms with Gasteiger partial charge in [0, 0.05) is 59.2 Å². The fraction of sp³-hybridized carbons (Fsp3) is 0.500. The number of carboxylic acids is 3. The van der Waals surface area contributed by atoms with Gasteiger partial charge >= 0.3 is 17.9 Å². The molecule has 2 aromatic carbocycles. The van der Waals surface area contributed by atoms with Gasteiger partial charge < -0.3 is 90.8 Å². The Bertz CT molecular complexity index is 3030. The average molecular weight is 1220 g/mol. The van der Waals surface area contributed by atoms with Gasteiger partial charge in [0.25, 0.3) is 0 Å². The van der Waals surface area contributed by atoms with E-state index in [1.165, 1.54) is 0 Å². The molecule has 0 saturated carbocycles. The number of para-hydroxylation sites is 2. The average Bonchev–Trinajstić information content (AvgIpc) is 3.49. The molecule has 470 valence electrons. The molecule has 86 heavy (non-hydrogen) atoms. The highest BCUT2D eigenvalue weighted by Gasteiger charge is 2.37. The number of aliphatic carboxylic acids is 3. The topological polar surface area (TPSA) is 497 Å². The van der Waals surface area contributed by atoms with E-state index in [1.54, 1.807) is 50.5 Å². The fourth-order valence-corrected chi connectivity index (χ4v) is 9.43. The lowest BCUT2D eigenvalue weighted by Gasteiger charge is -2.28. The van der Waals surface area contributed by atoms with Crippen molar-refractivity contribution in [3.63, 3.8) is 0 Å². The van der Waals surface area contributed by atoms with Gasteiger partial charge in [-0.05, 0) is 93.6 Å². The maximum absolute atomic E-state index is 14.8. The molecular weight excluding hydrogens is 1140 g/mol. The van der Waals surface area contributed by atoms with Gasteiger partial charge in [0.05, 0.1) is 18.9 Å². The molecule has 0 unspecified atom stereocenters. The monoisotopic (exact) mass is 1220 g/mol. The first kappa shape index (κ1) is 69.9. The van der Waals surface area contributed by atoms with E-state index in [2.05, 4.69) is 65.1 Å². The van der Waals surface area contributed by atoms with Crippen LogP contribution < -0.4 is 65.5 Å². The molecule has 29 nitrogen and oxygen atoms in total. The molecule has 0 aliphatic heterocycles. The number of benzene rings is 2. The van der Waals surface area contributed by atoms with Gasteiger partial charge in [-0.1, -0.05) is 50.2 Å². The molecule has 2 heterocycles. The first-order valence-corrected chi connectivity index (χ1v) is 28.7. The molecule has 9 atom stereocenters. The molecule has 0 fully saturated rings. The van der Waals surface area contributed by atoms with Crippen molar-refractivity contribution in [3.05, 3.63) is 72.1 Å². The van der Waals surface area contributed by atoms with E-state index in [0.29, 0.717) is 34.9 Å². The Morgan fingerprint density at radius 2 is 0.849 bits per heavy atom. The number of nitrogens with one attached hydrogen (secondary N) is 10. The number of rotatable bonds is 39. The Labute approximate surface area is 500 Å². The number of carbonyl (C=O) groups is 12. The number of carboxylic acid groups (broad SMARTS) is 3. The molecule has 0 aliphatic carbocycles. The van der Waals surface area contributed by atoms with E-state index in [9.17, 15) is 72.9 Å². The van der Waals surface area contributed by atoms with Crippen molar-refractivity contribution in [1.29, 1.82) is 0 Å². The zero-order chi connectivity index (χ0) is 63.6. The summed E-state index contributed by atoms with van der Waals surface area (Å²) in [6.45, 7) is 3.95. The molecule has 2 aromatic heterocycles. The highest BCUT2D eigenvalue weighted by molar-refractivity contribution is 7.80. The third-order valence-corrected chi connectivity index (χ3v) is 14.2. The largest absolute Gasteiger partial charge is 0.481 e. The number of unbranched alkanes of at least 4 members (excludes halogenated alkanes) is 2. The standard InChI is InChI=1S/C56H80N14O15S/c1-29(2)21-40(67-53(81)41(66-48(76)34(59)28-86)22-30-26-61-35-13-5-3-11-32(30)35)51(79)68-42(23-31-27-62-36-14-6-4-12-33(31)36)52(80)63-37(15-7-9-19-57)49(77)69-43(24-46(72)73)54(82)64-38(17-18-45(60)71)50(78)70-44(25-47(74)75)55(83)65-39(56(84)85)16-8-10-20-58/h3-6,11-14,26-27,29,34,37-44,61-62,86H,7-10,15-25,28,57-59H2,1-2H3,(H2,60,71)(H,63,80)(H,64,82)(H,65,83)(H,66,76)(H,67,81)(H,68,79)(H,69,77)(H,70,78)(H,72,73)(H,74,75)(H,84,85)/t34-,37-,38-,39-,40-,41-,42-,43-,44-/m0/s1. The van der Waals surface area contributed by atoms with E-state index in [1.807, 2.05) is 24.3 Å². The van der Waals surface area contributed by atoms with Crippen molar-refractivity contribution < 1.29 is 72.9 Å². The summed E-state index contributed by atoms with van der Waals surface area (Å²) in [6, 6.07) is 0.299. The Morgan fingerprint density at radius 1 is 0.488 bits per heavy atom. The summed E-state index contributed by atoms with van der Waals surface area (Å²) in [7, 11) is 0. The number of fused-ring (bicyclic) bond motifs is 2. The number of amides is 9. The van der Waals surface area contributed by atoms with Gasteiger partial charge in [-0.3, -0.25) is 52.7 Å². The van der Waals surface area contributed by atoms with Crippen molar-refractivity contribution in [2.45, 2.75) is 152 Å². The summed E-state index contributed by atoms with van der Waals surface area (Å²) in [5.74, 6) is -14.1. The minimum atomic E-state index is -2.03. The second-order valence-electron chi connectivity index (χ2n) is 21.1.